The van der Waals surface area contributed by atoms with Crippen LogP contribution < -0.4 is 15.5 Å². The molecule has 2 aromatic rings. The highest BCUT2D eigenvalue weighted by Gasteiger charge is 2.27. The molecule has 1 aromatic carbocycles. The molecule has 0 saturated heterocycles. The highest BCUT2D eigenvalue weighted by atomic mass is 35.5. The van der Waals surface area contributed by atoms with Crippen LogP contribution in [0.3, 0.4) is 0 Å². The third-order valence-electron chi connectivity index (χ3n) is 3.38. The number of hydrogen-bond acceptors (Lipinski definition) is 3. The standard InChI is InChI=1S/C14H14ClN5O2/c1-16-14(22)17-11-8-12-19(6-7-20(12)18-11)13(21)9-2-4-10(15)5-3-9/h2-5,8H,6-7H2,1H3,(H2,16,17,18,22). The molecule has 0 unspecified atom stereocenters. The predicted octanol–water partition coefficient (Wildman–Crippen LogP) is 1.95. The zero-order valence-electron chi connectivity index (χ0n) is 11.8. The molecule has 0 bridgehead atoms. The highest BCUT2D eigenvalue weighted by molar-refractivity contribution is 6.30. The van der Waals surface area contributed by atoms with E-state index in [0.717, 1.165) is 0 Å². The minimum atomic E-state index is -0.354. The Labute approximate surface area is 131 Å². The average molecular weight is 320 g/mol. The Morgan fingerprint density at radius 1 is 1.23 bits per heavy atom. The number of benzene rings is 1. The Kier molecular flexibility index (Phi) is 3.72. The summed E-state index contributed by atoms with van der Waals surface area (Å²) < 4.78 is 1.69. The zero-order valence-corrected chi connectivity index (χ0v) is 12.6. The number of amides is 3. The first-order valence-corrected chi connectivity index (χ1v) is 7.10. The second kappa shape index (κ2) is 5.69. The Bertz CT molecular complexity index is 725. The van der Waals surface area contributed by atoms with Crippen LogP contribution in [0.1, 0.15) is 10.4 Å². The molecule has 7 nitrogen and oxygen atoms in total. The van der Waals surface area contributed by atoms with Gasteiger partial charge >= 0.3 is 6.03 Å². The number of hydrogen-bond donors (Lipinski definition) is 2. The number of urea groups is 1. The molecule has 2 heterocycles. The average Bonchev–Trinajstić information content (AvgIpc) is 3.07. The van der Waals surface area contributed by atoms with Gasteiger partial charge in [0.05, 0.1) is 6.54 Å². The van der Waals surface area contributed by atoms with E-state index in [9.17, 15) is 9.59 Å². The van der Waals surface area contributed by atoms with Crippen molar-refractivity contribution in [1.82, 2.24) is 15.1 Å². The minimum absolute atomic E-state index is 0.123. The van der Waals surface area contributed by atoms with Gasteiger partial charge in [-0.1, -0.05) is 11.6 Å². The van der Waals surface area contributed by atoms with Crippen LogP contribution in [0.25, 0.3) is 0 Å². The van der Waals surface area contributed by atoms with Gasteiger partial charge < -0.3 is 5.32 Å². The molecule has 1 aliphatic rings. The molecular weight excluding hydrogens is 306 g/mol. The van der Waals surface area contributed by atoms with Gasteiger partial charge in [-0.2, -0.15) is 5.10 Å². The number of anilines is 2. The number of halogens is 1. The van der Waals surface area contributed by atoms with Gasteiger partial charge in [0.15, 0.2) is 5.82 Å². The normalized spacial score (nSPS) is 12.9. The number of nitrogens with zero attached hydrogens (tertiary/aromatic N) is 3. The molecule has 0 atom stereocenters. The molecule has 3 amide bonds. The number of fused-ring (bicyclic) bond motifs is 1. The summed E-state index contributed by atoms with van der Waals surface area (Å²) in [7, 11) is 1.52. The summed E-state index contributed by atoms with van der Waals surface area (Å²) in [5.74, 6) is 0.941. The van der Waals surface area contributed by atoms with Gasteiger partial charge in [-0.05, 0) is 24.3 Å². The first-order chi connectivity index (χ1) is 10.6. The van der Waals surface area contributed by atoms with Crippen molar-refractivity contribution in [3.63, 3.8) is 0 Å². The van der Waals surface area contributed by atoms with Crippen LogP contribution in [0.4, 0.5) is 16.4 Å². The van der Waals surface area contributed by atoms with E-state index < -0.39 is 0 Å². The highest BCUT2D eigenvalue weighted by Crippen LogP contribution is 2.26. The lowest BCUT2D eigenvalue weighted by Gasteiger charge is -2.14. The number of carbonyl (C=O) groups is 2. The molecule has 1 aliphatic heterocycles. The number of carbonyl (C=O) groups excluding carboxylic acids is 2. The first kappa shape index (κ1) is 14.4. The fourth-order valence-corrected chi connectivity index (χ4v) is 2.42. The topological polar surface area (TPSA) is 79.3 Å². The van der Waals surface area contributed by atoms with Gasteiger partial charge in [0.1, 0.15) is 5.82 Å². The van der Waals surface area contributed by atoms with Crippen molar-refractivity contribution in [2.24, 2.45) is 0 Å². The van der Waals surface area contributed by atoms with E-state index in [1.165, 1.54) is 7.05 Å². The van der Waals surface area contributed by atoms with Gasteiger partial charge in [-0.25, -0.2) is 9.48 Å². The zero-order chi connectivity index (χ0) is 15.7. The molecule has 0 spiro atoms. The van der Waals surface area contributed by atoms with Crippen LogP contribution in [-0.4, -0.2) is 35.3 Å². The van der Waals surface area contributed by atoms with Crippen LogP contribution >= 0.6 is 11.6 Å². The molecule has 0 saturated carbocycles. The summed E-state index contributed by atoms with van der Waals surface area (Å²) in [5.41, 5.74) is 0.555. The maximum atomic E-state index is 12.6. The van der Waals surface area contributed by atoms with Gasteiger partial charge in [-0.3, -0.25) is 15.0 Å². The molecule has 1 aromatic heterocycles. The Morgan fingerprint density at radius 3 is 2.64 bits per heavy atom. The van der Waals surface area contributed by atoms with Crippen molar-refractivity contribution in [3.8, 4) is 0 Å². The maximum Gasteiger partial charge on any atom is 0.320 e. The van der Waals surface area contributed by atoms with Gasteiger partial charge in [0, 0.05) is 30.2 Å². The fourth-order valence-electron chi connectivity index (χ4n) is 2.29. The van der Waals surface area contributed by atoms with Crippen molar-refractivity contribution in [2.75, 3.05) is 23.8 Å². The number of aromatic nitrogens is 2. The molecule has 2 N–H and O–H groups in total. The monoisotopic (exact) mass is 319 g/mol. The van der Waals surface area contributed by atoms with E-state index in [2.05, 4.69) is 15.7 Å². The lowest BCUT2D eigenvalue weighted by molar-refractivity contribution is 0.0989. The third kappa shape index (κ3) is 2.62. The van der Waals surface area contributed by atoms with Gasteiger partial charge in [0.2, 0.25) is 0 Å². The second-order valence-electron chi connectivity index (χ2n) is 4.78. The Morgan fingerprint density at radius 2 is 1.95 bits per heavy atom. The largest absolute Gasteiger partial charge is 0.341 e. The molecule has 3 rings (SSSR count). The van der Waals surface area contributed by atoms with Gasteiger partial charge in [-0.15, -0.1) is 0 Å². The first-order valence-electron chi connectivity index (χ1n) is 6.72. The van der Waals surface area contributed by atoms with Crippen LogP contribution in [0.5, 0.6) is 0 Å². The molecular formula is C14H14ClN5O2. The minimum Gasteiger partial charge on any atom is -0.341 e. The number of rotatable bonds is 2. The molecule has 114 valence electrons. The van der Waals surface area contributed by atoms with Crippen molar-refractivity contribution in [2.45, 2.75) is 6.54 Å². The summed E-state index contributed by atoms with van der Waals surface area (Å²) in [6.45, 7) is 1.13. The Balaban J connectivity index is 1.82. The van der Waals surface area contributed by atoms with Crippen molar-refractivity contribution < 1.29 is 9.59 Å². The van der Waals surface area contributed by atoms with E-state index in [4.69, 9.17) is 11.6 Å². The number of nitrogens with one attached hydrogen (secondary N) is 2. The molecule has 22 heavy (non-hydrogen) atoms. The predicted molar refractivity (Wildman–Crippen MR) is 83.4 cm³/mol. The van der Waals surface area contributed by atoms with E-state index in [1.54, 1.807) is 39.9 Å². The quantitative estimate of drug-likeness (QED) is 0.888. The van der Waals surface area contributed by atoms with Crippen molar-refractivity contribution in [1.29, 1.82) is 0 Å². The van der Waals surface area contributed by atoms with E-state index >= 15 is 0 Å². The molecule has 0 aliphatic carbocycles. The summed E-state index contributed by atoms with van der Waals surface area (Å²) in [6, 6.07) is 8.06. The molecule has 0 radical (unpaired) electrons. The van der Waals surface area contributed by atoms with Crippen molar-refractivity contribution >= 4 is 35.2 Å². The fraction of sp³-hybridized carbons (Fsp3) is 0.214. The lowest BCUT2D eigenvalue weighted by atomic mass is 10.2. The van der Waals surface area contributed by atoms with E-state index in [1.807, 2.05) is 0 Å². The third-order valence-corrected chi connectivity index (χ3v) is 3.63. The van der Waals surface area contributed by atoms with Gasteiger partial charge in [0.25, 0.3) is 5.91 Å². The summed E-state index contributed by atoms with van der Waals surface area (Å²) >= 11 is 5.84. The van der Waals surface area contributed by atoms with E-state index in [-0.39, 0.29) is 11.9 Å². The summed E-state index contributed by atoms with van der Waals surface area (Å²) in [4.78, 5) is 25.5. The lowest BCUT2D eigenvalue weighted by Crippen LogP contribution is -2.29. The van der Waals surface area contributed by atoms with Crippen LogP contribution in [0.2, 0.25) is 5.02 Å². The van der Waals surface area contributed by atoms with Crippen LogP contribution in [0.15, 0.2) is 30.3 Å². The second-order valence-corrected chi connectivity index (χ2v) is 5.22. The Hall–Kier alpha value is -2.54. The molecule has 0 fully saturated rings. The molecule has 8 heteroatoms. The van der Waals surface area contributed by atoms with Crippen LogP contribution in [0, 0.1) is 0 Å². The van der Waals surface area contributed by atoms with Crippen LogP contribution in [-0.2, 0) is 6.54 Å². The van der Waals surface area contributed by atoms with E-state index in [0.29, 0.717) is 35.3 Å². The summed E-state index contributed by atoms with van der Waals surface area (Å²) in [6.07, 6.45) is 0. The maximum absolute atomic E-state index is 12.6. The SMILES string of the molecule is CNC(=O)Nc1cc2n(n1)CCN2C(=O)c1ccc(Cl)cc1. The summed E-state index contributed by atoms with van der Waals surface area (Å²) in [5, 5.41) is 9.87. The van der Waals surface area contributed by atoms with Crippen molar-refractivity contribution in [3.05, 3.63) is 40.9 Å². The smallest absolute Gasteiger partial charge is 0.320 e.